The number of benzene rings is 1. The molecular formula is C15H26N2O2S. The lowest BCUT2D eigenvalue weighted by Crippen LogP contribution is -2.34. The lowest BCUT2D eigenvalue weighted by atomic mass is 10.3. The molecule has 0 radical (unpaired) electrons. The Bertz CT molecular complexity index is 460. The van der Waals surface area contributed by atoms with E-state index in [1.54, 1.807) is 4.31 Å². The van der Waals surface area contributed by atoms with Gasteiger partial charge in [0.2, 0.25) is 10.0 Å². The largest absolute Gasteiger partial charge is 0.317 e. The summed E-state index contributed by atoms with van der Waals surface area (Å²) in [5, 5.41) is 3.16. The third-order valence-electron chi connectivity index (χ3n) is 3.10. The zero-order chi connectivity index (χ0) is 14.8. The summed E-state index contributed by atoms with van der Waals surface area (Å²) in [6.07, 6.45) is 2.50. The van der Waals surface area contributed by atoms with Crippen LogP contribution in [-0.4, -0.2) is 33.8 Å². The van der Waals surface area contributed by atoms with Crippen LogP contribution in [0.2, 0.25) is 0 Å². The minimum absolute atomic E-state index is 0.193. The average molecular weight is 298 g/mol. The molecule has 0 amide bonds. The monoisotopic (exact) mass is 298 g/mol. The number of anilines is 1. The maximum absolute atomic E-state index is 12.5. The molecule has 0 fully saturated rings. The molecule has 1 aromatic rings. The normalized spacial score (nSPS) is 11.5. The summed E-state index contributed by atoms with van der Waals surface area (Å²) in [5.41, 5.74) is 0.768. The third kappa shape index (κ3) is 5.51. The van der Waals surface area contributed by atoms with Gasteiger partial charge >= 0.3 is 0 Å². The van der Waals surface area contributed by atoms with Gasteiger partial charge in [0.05, 0.1) is 11.4 Å². The van der Waals surface area contributed by atoms with Gasteiger partial charge in [-0.1, -0.05) is 38.5 Å². The molecule has 4 nitrogen and oxygen atoms in total. The van der Waals surface area contributed by atoms with Crippen LogP contribution < -0.4 is 9.62 Å². The van der Waals surface area contributed by atoms with E-state index in [4.69, 9.17) is 0 Å². The van der Waals surface area contributed by atoms with Crippen LogP contribution >= 0.6 is 0 Å². The molecule has 5 heteroatoms. The quantitative estimate of drug-likeness (QED) is 0.676. The fourth-order valence-electron chi connectivity index (χ4n) is 1.99. The molecule has 114 valence electrons. The topological polar surface area (TPSA) is 49.4 Å². The zero-order valence-corrected chi connectivity index (χ0v) is 13.3. The molecule has 0 spiro atoms. The Morgan fingerprint density at radius 1 is 1.10 bits per heavy atom. The highest BCUT2D eigenvalue weighted by Crippen LogP contribution is 2.19. The number of hydrogen-bond donors (Lipinski definition) is 1. The van der Waals surface area contributed by atoms with Gasteiger partial charge in [-0.2, -0.15) is 0 Å². The van der Waals surface area contributed by atoms with Gasteiger partial charge in [-0.15, -0.1) is 0 Å². The van der Waals surface area contributed by atoms with Gasteiger partial charge in [0.15, 0.2) is 0 Å². The number of sulfonamides is 1. The van der Waals surface area contributed by atoms with Crippen LogP contribution in [-0.2, 0) is 10.0 Å². The molecule has 0 unspecified atom stereocenters. The number of nitrogens with zero attached hydrogens (tertiary/aromatic N) is 1. The summed E-state index contributed by atoms with van der Waals surface area (Å²) in [6.45, 7) is 6.27. The number of rotatable bonds is 10. The van der Waals surface area contributed by atoms with E-state index in [1.807, 2.05) is 37.3 Å². The standard InChI is InChI=1S/C15H26N2O2S/c1-3-5-13-17(15-10-7-6-8-11-15)20(18,19)14-9-12-16-4-2/h6-8,10-11,16H,3-5,9,12-14H2,1-2H3. The molecule has 0 aliphatic carbocycles. The highest BCUT2D eigenvalue weighted by Gasteiger charge is 2.21. The molecule has 0 aliphatic heterocycles. The van der Waals surface area contributed by atoms with Crippen molar-refractivity contribution in [3.05, 3.63) is 30.3 Å². The van der Waals surface area contributed by atoms with Gasteiger partial charge in [-0.05, 0) is 38.1 Å². The summed E-state index contributed by atoms with van der Waals surface area (Å²) in [4.78, 5) is 0. The second-order valence-electron chi connectivity index (χ2n) is 4.78. The van der Waals surface area contributed by atoms with Gasteiger partial charge in [-0.25, -0.2) is 8.42 Å². The van der Waals surface area contributed by atoms with Crippen molar-refractivity contribution in [2.45, 2.75) is 33.1 Å². The van der Waals surface area contributed by atoms with Crippen molar-refractivity contribution in [2.75, 3.05) is 29.7 Å². The molecule has 0 aliphatic rings. The van der Waals surface area contributed by atoms with E-state index in [0.717, 1.165) is 31.6 Å². The summed E-state index contributed by atoms with van der Waals surface area (Å²) < 4.78 is 26.6. The van der Waals surface area contributed by atoms with Crippen LogP contribution in [0.25, 0.3) is 0 Å². The van der Waals surface area contributed by atoms with Gasteiger partial charge in [0, 0.05) is 6.54 Å². The van der Waals surface area contributed by atoms with E-state index in [2.05, 4.69) is 12.2 Å². The van der Waals surface area contributed by atoms with Crippen molar-refractivity contribution in [1.82, 2.24) is 5.32 Å². The Balaban J connectivity index is 2.76. The third-order valence-corrected chi connectivity index (χ3v) is 4.97. The van der Waals surface area contributed by atoms with Crippen LogP contribution in [0.5, 0.6) is 0 Å². The molecule has 0 saturated carbocycles. The maximum Gasteiger partial charge on any atom is 0.235 e. The van der Waals surface area contributed by atoms with Crippen molar-refractivity contribution < 1.29 is 8.42 Å². The van der Waals surface area contributed by atoms with Gasteiger partial charge in [0.25, 0.3) is 0 Å². The predicted molar refractivity (Wildman–Crippen MR) is 85.6 cm³/mol. The second kappa shape index (κ2) is 8.97. The molecule has 0 aromatic heterocycles. The average Bonchev–Trinajstić information content (AvgIpc) is 2.45. The summed E-state index contributed by atoms with van der Waals surface area (Å²) in [6, 6.07) is 9.37. The van der Waals surface area contributed by atoms with Crippen LogP contribution in [0.3, 0.4) is 0 Å². The van der Waals surface area contributed by atoms with Crippen molar-refractivity contribution in [3.8, 4) is 0 Å². The predicted octanol–water partition coefficient (Wildman–Crippen LogP) is 2.62. The first-order valence-corrected chi connectivity index (χ1v) is 8.99. The van der Waals surface area contributed by atoms with E-state index < -0.39 is 10.0 Å². The Kier molecular flexibility index (Phi) is 7.62. The summed E-state index contributed by atoms with van der Waals surface area (Å²) >= 11 is 0. The van der Waals surface area contributed by atoms with Crippen molar-refractivity contribution >= 4 is 15.7 Å². The molecule has 0 saturated heterocycles. The maximum atomic E-state index is 12.5. The van der Waals surface area contributed by atoms with Crippen molar-refractivity contribution in [2.24, 2.45) is 0 Å². The molecule has 0 bridgehead atoms. The number of nitrogens with one attached hydrogen (secondary N) is 1. The highest BCUT2D eigenvalue weighted by molar-refractivity contribution is 7.92. The van der Waals surface area contributed by atoms with Crippen LogP contribution in [0.15, 0.2) is 30.3 Å². The first-order valence-electron chi connectivity index (χ1n) is 7.38. The van der Waals surface area contributed by atoms with Gasteiger partial charge in [0.1, 0.15) is 0 Å². The first-order chi connectivity index (χ1) is 9.61. The Morgan fingerprint density at radius 2 is 1.80 bits per heavy atom. The Hall–Kier alpha value is -1.07. The number of unbranched alkanes of at least 4 members (excludes halogenated alkanes) is 1. The summed E-state index contributed by atoms with van der Waals surface area (Å²) in [5.74, 6) is 0.193. The first kappa shape index (κ1) is 17.0. The fourth-order valence-corrected chi connectivity index (χ4v) is 3.57. The molecule has 20 heavy (non-hydrogen) atoms. The minimum atomic E-state index is -3.23. The van der Waals surface area contributed by atoms with E-state index in [9.17, 15) is 8.42 Å². The van der Waals surface area contributed by atoms with Crippen LogP contribution in [0, 0.1) is 0 Å². The van der Waals surface area contributed by atoms with Crippen molar-refractivity contribution in [3.63, 3.8) is 0 Å². The van der Waals surface area contributed by atoms with E-state index in [1.165, 1.54) is 0 Å². The fraction of sp³-hybridized carbons (Fsp3) is 0.600. The Morgan fingerprint density at radius 3 is 2.40 bits per heavy atom. The van der Waals surface area contributed by atoms with Gasteiger partial charge in [-0.3, -0.25) is 4.31 Å². The second-order valence-corrected chi connectivity index (χ2v) is 6.80. The van der Waals surface area contributed by atoms with E-state index >= 15 is 0 Å². The number of hydrogen-bond acceptors (Lipinski definition) is 3. The van der Waals surface area contributed by atoms with E-state index in [0.29, 0.717) is 13.0 Å². The lowest BCUT2D eigenvalue weighted by molar-refractivity contribution is 0.583. The number of para-hydroxylation sites is 1. The molecule has 0 heterocycles. The van der Waals surface area contributed by atoms with E-state index in [-0.39, 0.29) is 5.75 Å². The molecule has 1 aromatic carbocycles. The van der Waals surface area contributed by atoms with Crippen molar-refractivity contribution in [1.29, 1.82) is 0 Å². The van der Waals surface area contributed by atoms with Crippen LogP contribution in [0.1, 0.15) is 33.1 Å². The molecule has 0 atom stereocenters. The summed E-state index contributed by atoms with van der Waals surface area (Å²) in [7, 11) is -3.23. The van der Waals surface area contributed by atoms with Gasteiger partial charge < -0.3 is 5.32 Å². The zero-order valence-electron chi connectivity index (χ0n) is 12.5. The lowest BCUT2D eigenvalue weighted by Gasteiger charge is -2.24. The molecule has 1 N–H and O–H groups in total. The highest BCUT2D eigenvalue weighted by atomic mass is 32.2. The minimum Gasteiger partial charge on any atom is -0.317 e. The molecular weight excluding hydrogens is 272 g/mol. The van der Waals surface area contributed by atoms with Crippen LogP contribution in [0.4, 0.5) is 5.69 Å². The SMILES string of the molecule is CCCCN(c1ccccc1)S(=O)(=O)CCCNCC. The smallest absolute Gasteiger partial charge is 0.235 e. The molecule has 1 rings (SSSR count). The Labute approximate surface area is 123 Å².